The van der Waals surface area contributed by atoms with Gasteiger partial charge in [-0.25, -0.2) is 19.5 Å². The molecule has 0 radical (unpaired) electrons. The first-order chi connectivity index (χ1) is 14.8. The summed E-state index contributed by atoms with van der Waals surface area (Å²) in [4.78, 5) is 46.2. The number of carbonyl (C=O) groups excluding carboxylic acids is 2. The lowest BCUT2D eigenvalue weighted by molar-refractivity contribution is -0.165. The molecule has 0 aliphatic carbocycles. The fourth-order valence-electron chi connectivity index (χ4n) is 3.79. The number of imide groups is 1. The van der Waals surface area contributed by atoms with Crippen LogP contribution in [0.5, 0.6) is 0 Å². The molecule has 3 atom stereocenters. The minimum absolute atomic E-state index is 0.163. The van der Waals surface area contributed by atoms with Gasteiger partial charge < -0.3 is 16.2 Å². The van der Waals surface area contributed by atoms with E-state index in [1.54, 1.807) is 25.3 Å². The predicted molar refractivity (Wildman–Crippen MR) is 113 cm³/mol. The van der Waals surface area contributed by atoms with Crippen molar-refractivity contribution in [3.63, 3.8) is 0 Å². The third-order valence-electron chi connectivity index (χ3n) is 5.44. The number of benzene rings is 1. The molecule has 1 fully saturated rings. The number of nitrogens with two attached hydrogens (primary N) is 1. The molecule has 9 heteroatoms. The van der Waals surface area contributed by atoms with E-state index in [2.05, 4.69) is 15.3 Å². The molecule has 1 aliphatic heterocycles. The number of likely N-dealkylation sites (tertiary alicyclic amines) is 1. The Bertz CT molecular complexity index is 1180. The van der Waals surface area contributed by atoms with Crippen LogP contribution in [0.1, 0.15) is 24.1 Å². The molecular weight excluding hydrogens is 398 g/mol. The number of pyridine rings is 2. The van der Waals surface area contributed by atoms with Crippen LogP contribution in [0.3, 0.4) is 0 Å². The van der Waals surface area contributed by atoms with Gasteiger partial charge in [0.25, 0.3) is 0 Å². The van der Waals surface area contributed by atoms with E-state index in [4.69, 9.17) is 5.73 Å². The van der Waals surface area contributed by atoms with Gasteiger partial charge >= 0.3 is 12.0 Å². The lowest BCUT2D eigenvalue weighted by atomic mass is 9.82. The van der Waals surface area contributed by atoms with Gasteiger partial charge in [-0.1, -0.05) is 18.2 Å². The molecule has 0 spiro atoms. The minimum atomic E-state index is -1.25. The van der Waals surface area contributed by atoms with Crippen LogP contribution in [-0.2, 0) is 16.0 Å². The van der Waals surface area contributed by atoms with E-state index in [1.807, 2.05) is 30.3 Å². The van der Waals surface area contributed by atoms with Gasteiger partial charge in [-0.15, -0.1) is 0 Å². The van der Waals surface area contributed by atoms with Crippen molar-refractivity contribution in [2.45, 2.75) is 25.4 Å². The maximum absolute atomic E-state index is 12.7. The second kappa shape index (κ2) is 8.02. The average Bonchev–Trinajstić information content (AvgIpc) is 2.74. The first-order valence-electron chi connectivity index (χ1n) is 9.76. The number of nitrogens with one attached hydrogen (secondary N) is 1. The van der Waals surface area contributed by atoms with Crippen molar-refractivity contribution in [1.29, 1.82) is 0 Å². The van der Waals surface area contributed by atoms with Crippen LogP contribution in [0.2, 0.25) is 0 Å². The summed E-state index contributed by atoms with van der Waals surface area (Å²) in [5.74, 6) is -2.34. The molecule has 2 aromatic heterocycles. The highest BCUT2D eigenvalue weighted by Crippen LogP contribution is 2.31. The summed E-state index contributed by atoms with van der Waals surface area (Å²) >= 11 is 0. The Hall–Kier alpha value is -4.01. The molecule has 0 saturated carbocycles. The second-order valence-electron chi connectivity index (χ2n) is 7.52. The van der Waals surface area contributed by atoms with Gasteiger partial charge in [0.05, 0.1) is 17.5 Å². The molecule has 0 bridgehead atoms. The molecule has 3 amide bonds. The summed E-state index contributed by atoms with van der Waals surface area (Å²) in [5.41, 5.74) is 7.91. The van der Waals surface area contributed by atoms with E-state index in [9.17, 15) is 19.5 Å². The highest BCUT2D eigenvalue weighted by atomic mass is 16.4. The first-order valence-corrected chi connectivity index (χ1v) is 9.76. The van der Waals surface area contributed by atoms with Gasteiger partial charge in [0.1, 0.15) is 5.82 Å². The Labute approximate surface area is 177 Å². The van der Waals surface area contributed by atoms with Gasteiger partial charge in [0.2, 0.25) is 5.91 Å². The number of hydrogen-bond donors (Lipinski definition) is 3. The number of amides is 3. The summed E-state index contributed by atoms with van der Waals surface area (Å²) in [6.45, 7) is 1.75. The fourth-order valence-corrected chi connectivity index (χ4v) is 3.79. The molecule has 3 aromatic rings. The van der Waals surface area contributed by atoms with Gasteiger partial charge in [-0.05, 0) is 48.7 Å². The number of fused-ring (bicyclic) bond motifs is 1. The van der Waals surface area contributed by atoms with Crippen LogP contribution in [0, 0.1) is 5.92 Å². The molecule has 9 nitrogen and oxygen atoms in total. The molecule has 4 rings (SSSR count). The van der Waals surface area contributed by atoms with E-state index in [-0.39, 0.29) is 12.2 Å². The molecule has 1 aromatic carbocycles. The van der Waals surface area contributed by atoms with Crippen molar-refractivity contribution < 1.29 is 19.5 Å². The van der Waals surface area contributed by atoms with Crippen LogP contribution >= 0.6 is 0 Å². The number of urea groups is 1. The molecule has 3 unspecified atom stereocenters. The zero-order chi connectivity index (χ0) is 22.1. The number of β-lactam (4-membered cyclic amide) rings is 1. The number of aromatic nitrogens is 2. The number of anilines is 1. The van der Waals surface area contributed by atoms with Crippen LogP contribution in [-0.4, -0.2) is 43.9 Å². The van der Waals surface area contributed by atoms with E-state index in [0.717, 1.165) is 21.4 Å². The Morgan fingerprint density at radius 2 is 2.00 bits per heavy atom. The van der Waals surface area contributed by atoms with Crippen molar-refractivity contribution in [3.8, 4) is 0 Å². The number of para-hydroxylation sites is 1. The Morgan fingerprint density at radius 3 is 2.74 bits per heavy atom. The number of nitrogen functional groups attached to an aromatic ring is 1. The highest BCUT2D eigenvalue weighted by Gasteiger charge is 2.54. The number of carboxylic acids is 1. The van der Waals surface area contributed by atoms with Crippen LogP contribution < -0.4 is 11.1 Å². The fraction of sp³-hybridized carbons (Fsp3) is 0.227. The van der Waals surface area contributed by atoms with E-state index < -0.39 is 35.9 Å². The lowest BCUT2D eigenvalue weighted by Gasteiger charge is -2.43. The SMILES string of the molecule is CC(NC(=O)N1C(=O)C(Cc2ccnc(N)c2)C1C(=O)O)c1cnc2ccccc2c1. The Morgan fingerprint density at radius 1 is 1.23 bits per heavy atom. The molecule has 31 heavy (non-hydrogen) atoms. The summed E-state index contributed by atoms with van der Waals surface area (Å²) in [7, 11) is 0. The predicted octanol–water partition coefficient (Wildman–Crippen LogP) is 2.14. The standard InChI is InChI=1S/C22H21N5O4/c1-12(15-10-14-4-2-3-5-17(14)25-11-15)26-22(31)27-19(21(29)30)16(20(27)28)8-13-6-7-24-18(23)9-13/h2-7,9-12,16,19H,8H2,1H3,(H2,23,24)(H,26,31)(H,29,30). The molecule has 1 saturated heterocycles. The maximum atomic E-state index is 12.7. The second-order valence-corrected chi connectivity index (χ2v) is 7.52. The van der Waals surface area contributed by atoms with E-state index in [0.29, 0.717) is 5.56 Å². The van der Waals surface area contributed by atoms with E-state index in [1.165, 1.54) is 6.20 Å². The lowest BCUT2D eigenvalue weighted by Crippen LogP contribution is -2.68. The molecule has 4 N–H and O–H groups in total. The van der Waals surface area contributed by atoms with Crippen LogP contribution in [0.25, 0.3) is 10.9 Å². The van der Waals surface area contributed by atoms with Crippen molar-refractivity contribution >= 4 is 34.6 Å². The first kappa shape index (κ1) is 20.3. The van der Waals surface area contributed by atoms with Gasteiger partial charge in [0, 0.05) is 17.8 Å². The molecule has 3 heterocycles. The van der Waals surface area contributed by atoms with Crippen molar-refractivity contribution in [2.24, 2.45) is 5.92 Å². The average molecular weight is 419 g/mol. The number of nitrogens with zero attached hydrogens (tertiary/aromatic N) is 3. The van der Waals surface area contributed by atoms with Gasteiger partial charge in [-0.2, -0.15) is 0 Å². The highest BCUT2D eigenvalue weighted by molar-refractivity contribution is 6.07. The van der Waals surface area contributed by atoms with Gasteiger partial charge in [0.15, 0.2) is 6.04 Å². The number of carbonyl (C=O) groups is 3. The molecule has 158 valence electrons. The third kappa shape index (κ3) is 3.89. The monoisotopic (exact) mass is 419 g/mol. The van der Waals surface area contributed by atoms with E-state index >= 15 is 0 Å². The summed E-state index contributed by atoms with van der Waals surface area (Å²) in [6.07, 6.45) is 3.31. The topological polar surface area (TPSA) is 139 Å². The number of aliphatic carboxylic acids is 1. The quantitative estimate of drug-likeness (QED) is 0.539. The molecular formula is C22H21N5O4. The molecule has 1 aliphatic rings. The third-order valence-corrected chi connectivity index (χ3v) is 5.44. The number of hydrogen-bond acceptors (Lipinski definition) is 6. The summed E-state index contributed by atoms with van der Waals surface area (Å²) < 4.78 is 0. The Kier molecular flexibility index (Phi) is 5.24. The minimum Gasteiger partial charge on any atom is -0.480 e. The van der Waals surface area contributed by atoms with Crippen molar-refractivity contribution in [2.75, 3.05) is 5.73 Å². The zero-order valence-corrected chi connectivity index (χ0v) is 16.7. The summed E-state index contributed by atoms with van der Waals surface area (Å²) in [5, 5.41) is 13.2. The smallest absolute Gasteiger partial charge is 0.327 e. The Balaban J connectivity index is 1.48. The van der Waals surface area contributed by atoms with Crippen LogP contribution in [0.4, 0.5) is 10.6 Å². The zero-order valence-electron chi connectivity index (χ0n) is 16.7. The van der Waals surface area contributed by atoms with Gasteiger partial charge in [-0.3, -0.25) is 9.78 Å². The van der Waals surface area contributed by atoms with Crippen molar-refractivity contribution in [3.05, 3.63) is 66.0 Å². The number of rotatable bonds is 5. The largest absolute Gasteiger partial charge is 0.480 e. The van der Waals surface area contributed by atoms with Crippen LogP contribution in [0.15, 0.2) is 54.9 Å². The summed E-state index contributed by atoms with van der Waals surface area (Å²) in [6, 6.07) is 10.3. The normalized spacial score (nSPS) is 19.0. The number of carboxylic acid groups (broad SMARTS) is 1. The maximum Gasteiger partial charge on any atom is 0.327 e. The van der Waals surface area contributed by atoms with Crippen molar-refractivity contribution in [1.82, 2.24) is 20.2 Å².